The van der Waals surface area contributed by atoms with Gasteiger partial charge in [-0.05, 0) is 74.5 Å². The van der Waals surface area contributed by atoms with Crippen LogP contribution in [0.2, 0.25) is 0 Å². The number of nitrogens with zero attached hydrogens (tertiary/aromatic N) is 1. The van der Waals surface area contributed by atoms with Crippen molar-refractivity contribution in [1.82, 2.24) is 4.90 Å². The topological polar surface area (TPSA) is 52.6 Å². The number of unbranched alkanes of at least 4 members (excludes halogenated alkanes) is 4. The van der Waals surface area contributed by atoms with Crippen LogP contribution in [-0.4, -0.2) is 35.1 Å². The lowest BCUT2D eigenvalue weighted by Gasteiger charge is -2.29. The molecule has 0 heterocycles. The van der Waals surface area contributed by atoms with Crippen molar-refractivity contribution >= 4 is 11.7 Å². The van der Waals surface area contributed by atoms with Crippen molar-refractivity contribution in [2.75, 3.05) is 18.4 Å². The molecule has 0 amide bonds. The van der Waals surface area contributed by atoms with E-state index in [0.29, 0.717) is 23.8 Å². The number of carboxylic acids is 1. The molecule has 0 aliphatic heterocycles. The molecule has 0 fully saturated rings. The van der Waals surface area contributed by atoms with Crippen molar-refractivity contribution in [1.29, 1.82) is 0 Å². The summed E-state index contributed by atoms with van der Waals surface area (Å²) >= 11 is 0. The summed E-state index contributed by atoms with van der Waals surface area (Å²) in [6.07, 6.45) is 10.1. The molecule has 2 aromatic rings. The summed E-state index contributed by atoms with van der Waals surface area (Å²) in [6.45, 7) is 9.54. The molecule has 0 bridgehead atoms. The summed E-state index contributed by atoms with van der Waals surface area (Å²) in [5, 5.41) is 12.8. The van der Waals surface area contributed by atoms with E-state index in [9.17, 15) is 9.90 Å². The van der Waals surface area contributed by atoms with Crippen molar-refractivity contribution in [2.24, 2.45) is 0 Å². The second kappa shape index (κ2) is 12.1. The minimum atomic E-state index is -0.890. The Labute approximate surface area is 194 Å². The minimum Gasteiger partial charge on any atom is -0.478 e. The van der Waals surface area contributed by atoms with E-state index in [4.69, 9.17) is 0 Å². The Bertz CT molecular complexity index is 883. The van der Waals surface area contributed by atoms with E-state index in [0.717, 1.165) is 18.4 Å². The zero-order valence-electron chi connectivity index (χ0n) is 20.1. The predicted molar refractivity (Wildman–Crippen MR) is 134 cm³/mol. The highest BCUT2D eigenvalue weighted by molar-refractivity contribution is 5.94. The lowest BCUT2D eigenvalue weighted by Crippen LogP contribution is -2.37. The van der Waals surface area contributed by atoms with Gasteiger partial charge in [0.05, 0.1) is 5.56 Å². The van der Waals surface area contributed by atoms with E-state index in [2.05, 4.69) is 42.3 Å². The Balaban J connectivity index is 1.63. The lowest BCUT2D eigenvalue weighted by atomic mass is 10.1. The number of fused-ring (bicyclic) bond motifs is 1. The van der Waals surface area contributed by atoms with Crippen molar-refractivity contribution in [2.45, 2.75) is 84.7 Å². The molecule has 0 radical (unpaired) electrons. The molecule has 1 aliphatic carbocycles. The Hall–Kier alpha value is -2.33. The van der Waals surface area contributed by atoms with E-state index in [-0.39, 0.29) is 0 Å². The molecule has 3 rings (SSSR count). The largest absolute Gasteiger partial charge is 0.478 e. The highest BCUT2D eigenvalue weighted by Gasteiger charge is 2.26. The van der Waals surface area contributed by atoms with E-state index in [1.54, 1.807) is 6.07 Å². The third-order valence-corrected chi connectivity index (χ3v) is 6.68. The third kappa shape index (κ3) is 6.59. The molecule has 0 saturated carbocycles. The molecular formula is C28H40N2O2. The minimum absolute atomic E-state index is 0.334. The molecule has 0 saturated heterocycles. The molecule has 1 unspecified atom stereocenters. The number of aromatic carboxylic acids is 1. The Kier molecular flexibility index (Phi) is 9.16. The van der Waals surface area contributed by atoms with Crippen molar-refractivity contribution in [3.8, 4) is 0 Å². The standard InChI is InChI=1S/C28H40N2O2/c1-4-6-8-14-30(15-9-7-5-2)25-18-23-12-11-22(17-24(23)19-25)20-29-27-13-10-21(3)16-26(27)28(31)32/h10-13,16-17,25,29H,4-9,14-15,18-20H2,1-3H3,(H,31,32). The van der Waals surface area contributed by atoms with Gasteiger partial charge in [0.2, 0.25) is 0 Å². The maximum atomic E-state index is 11.6. The van der Waals surface area contributed by atoms with Crippen molar-refractivity contribution in [3.63, 3.8) is 0 Å². The average Bonchev–Trinajstić information content (AvgIpc) is 3.20. The number of carbonyl (C=O) groups is 1. The SMILES string of the molecule is CCCCCN(CCCCC)C1Cc2ccc(CNc3ccc(C)cc3C(=O)O)cc2C1. The molecule has 4 nitrogen and oxygen atoms in total. The maximum absolute atomic E-state index is 11.6. The lowest BCUT2D eigenvalue weighted by molar-refractivity contribution is 0.0698. The van der Waals surface area contributed by atoms with Gasteiger partial charge in [0.1, 0.15) is 0 Å². The van der Waals surface area contributed by atoms with Crippen LogP contribution in [0.5, 0.6) is 0 Å². The molecular weight excluding hydrogens is 396 g/mol. The van der Waals surface area contributed by atoms with Crippen LogP contribution in [0, 0.1) is 6.92 Å². The van der Waals surface area contributed by atoms with E-state index in [1.807, 2.05) is 19.1 Å². The number of anilines is 1. The highest BCUT2D eigenvalue weighted by atomic mass is 16.4. The van der Waals surface area contributed by atoms with Gasteiger partial charge in [0.25, 0.3) is 0 Å². The first-order valence-corrected chi connectivity index (χ1v) is 12.4. The maximum Gasteiger partial charge on any atom is 0.337 e. The van der Waals surface area contributed by atoms with Crippen LogP contribution >= 0.6 is 0 Å². The van der Waals surface area contributed by atoms with E-state index in [1.165, 1.54) is 68.3 Å². The van der Waals surface area contributed by atoms with Crippen LogP contribution in [0.15, 0.2) is 36.4 Å². The quantitative estimate of drug-likeness (QED) is 0.354. The second-order valence-electron chi connectivity index (χ2n) is 9.32. The van der Waals surface area contributed by atoms with Crippen LogP contribution < -0.4 is 5.32 Å². The number of nitrogens with one attached hydrogen (secondary N) is 1. The van der Waals surface area contributed by atoms with Crippen LogP contribution in [0.25, 0.3) is 0 Å². The van der Waals surface area contributed by atoms with Gasteiger partial charge >= 0.3 is 5.97 Å². The predicted octanol–water partition coefficient (Wildman–Crippen LogP) is 6.45. The van der Waals surface area contributed by atoms with Gasteiger partial charge in [-0.15, -0.1) is 0 Å². The van der Waals surface area contributed by atoms with Gasteiger partial charge in [-0.3, -0.25) is 4.90 Å². The summed E-state index contributed by atoms with van der Waals surface area (Å²) in [5.41, 5.74) is 6.13. The van der Waals surface area contributed by atoms with Gasteiger partial charge in [-0.2, -0.15) is 0 Å². The van der Waals surface area contributed by atoms with E-state index < -0.39 is 5.97 Å². The molecule has 174 valence electrons. The van der Waals surface area contributed by atoms with Crippen LogP contribution in [0.3, 0.4) is 0 Å². The third-order valence-electron chi connectivity index (χ3n) is 6.68. The van der Waals surface area contributed by atoms with E-state index >= 15 is 0 Å². The first-order chi connectivity index (χ1) is 15.5. The number of benzene rings is 2. The summed E-state index contributed by atoms with van der Waals surface area (Å²) in [4.78, 5) is 14.3. The fraction of sp³-hybridized carbons (Fsp3) is 0.536. The van der Waals surface area contributed by atoms with Crippen molar-refractivity contribution in [3.05, 3.63) is 64.2 Å². The van der Waals surface area contributed by atoms with Gasteiger partial charge in [-0.1, -0.05) is 69.4 Å². The normalized spacial score (nSPS) is 15.2. The summed E-state index contributed by atoms with van der Waals surface area (Å²) < 4.78 is 0. The van der Waals surface area contributed by atoms with Gasteiger partial charge in [-0.25, -0.2) is 4.79 Å². The van der Waals surface area contributed by atoms with Gasteiger partial charge in [0, 0.05) is 18.3 Å². The fourth-order valence-electron chi connectivity index (χ4n) is 4.81. The molecule has 0 spiro atoms. The zero-order valence-corrected chi connectivity index (χ0v) is 20.1. The number of carboxylic acid groups (broad SMARTS) is 1. The number of hydrogen-bond acceptors (Lipinski definition) is 3. The molecule has 4 heteroatoms. The first kappa shape index (κ1) is 24.3. The monoisotopic (exact) mass is 436 g/mol. The first-order valence-electron chi connectivity index (χ1n) is 12.4. The van der Waals surface area contributed by atoms with Crippen molar-refractivity contribution < 1.29 is 9.90 Å². The Morgan fingerprint density at radius 1 is 0.969 bits per heavy atom. The Morgan fingerprint density at radius 3 is 2.31 bits per heavy atom. The zero-order chi connectivity index (χ0) is 22.9. The Morgan fingerprint density at radius 2 is 1.66 bits per heavy atom. The van der Waals surface area contributed by atoms with Gasteiger partial charge < -0.3 is 10.4 Å². The average molecular weight is 437 g/mol. The summed E-state index contributed by atoms with van der Waals surface area (Å²) in [6, 6.07) is 13.0. The van der Waals surface area contributed by atoms with Gasteiger partial charge in [0.15, 0.2) is 0 Å². The summed E-state index contributed by atoms with van der Waals surface area (Å²) in [5.74, 6) is -0.890. The molecule has 32 heavy (non-hydrogen) atoms. The molecule has 2 aromatic carbocycles. The highest BCUT2D eigenvalue weighted by Crippen LogP contribution is 2.28. The molecule has 0 aromatic heterocycles. The number of aryl methyl sites for hydroxylation is 1. The molecule has 1 atom stereocenters. The smallest absolute Gasteiger partial charge is 0.337 e. The number of rotatable bonds is 13. The fourth-order valence-corrected chi connectivity index (χ4v) is 4.81. The summed E-state index contributed by atoms with van der Waals surface area (Å²) in [7, 11) is 0. The number of hydrogen-bond donors (Lipinski definition) is 2. The second-order valence-corrected chi connectivity index (χ2v) is 9.32. The van der Waals surface area contributed by atoms with Crippen LogP contribution in [-0.2, 0) is 19.4 Å². The van der Waals surface area contributed by atoms with Crippen LogP contribution in [0.1, 0.15) is 85.0 Å². The molecule has 2 N–H and O–H groups in total. The molecule has 1 aliphatic rings. The van der Waals surface area contributed by atoms with Crippen LogP contribution in [0.4, 0.5) is 5.69 Å².